The standard InChI is InChI=1S/C13H11F4N3/c1-7-2-5-10(18)12(19-7)20-11-6-8(13(15,16)17)3-4-9(11)14/h2-6H,18H2,1H3,(H,19,20). The van der Waals surface area contributed by atoms with Crippen molar-refractivity contribution >= 4 is 17.2 Å². The highest BCUT2D eigenvalue weighted by atomic mass is 19.4. The van der Waals surface area contributed by atoms with Crippen LogP contribution in [0.3, 0.4) is 0 Å². The second kappa shape index (κ2) is 4.99. The lowest BCUT2D eigenvalue weighted by Crippen LogP contribution is -2.07. The number of nitrogens with one attached hydrogen (secondary N) is 1. The Balaban J connectivity index is 2.40. The van der Waals surface area contributed by atoms with E-state index in [9.17, 15) is 17.6 Å². The molecule has 0 fully saturated rings. The molecule has 0 aliphatic carbocycles. The fraction of sp³-hybridized carbons (Fsp3) is 0.154. The summed E-state index contributed by atoms with van der Waals surface area (Å²) >= 11 is 0. The fourth-order valence-corrected chi connectivity index (χ4v) is 1.59. The summed E-state index contributed by atoms with van der Waals surface area (Å²) in [7, 11) is 0. The van der Waals surface area contributed by atoms with Crippen LogP contribution in [0.5, 0.6) is 0 Å². The number of nitrogens with zero attached hydrogens (tertiary/aromatic N) is 1. The van der Waals surface area contributed by atoms with Crippen LogP contribution in [-0.4, -0.2) is 4.98 Å². The number of rotatable bonds is 2. The molecule has 0 bridgehead atoms. The summed E-state index contributed by atoms with van der Waals surface area (Å²) in [5.74, 6) is -0.705. The molecule has 0 aliphatic rings. The predicted molar refractivity (Wildman–Crippen MR) is 68.1 cm³/mol. The van der Waals surface area contributed by atoms with Gasteiger partial charge in [0, 0.05) is 5.69 Å². The first kappa shape index (κ1) is 14.1. The van der Waals surface area contributed by atoms with Gasteiger partial charge in [0.15, 0.2) is 5.82 Å². The van der Waals surface area contributed by atoms with Crippen LogP contribution in [0.2, 0.25) is 0 Å². The number of nitrogen functional groups attached to an aromatic ring is 1. The van der Waals surface area contributed by atoms with Gasteiger partial charge in [-0.25, -0.2) is 9.37 Å². The number of halogens is 4. The van der Waals surface area contributed by atoms with Crippen molar-refractivity contribution in [1.29, 1.82) is 0 Å². The molecule has 2 rings (SSSR count). The molecule has 7 heteroatoms. The van der Waals surface area contributed by atoms with Crippen LogP contribution < -0.4 is 11.1 Å². The van der Waals surface area contributed by atoms with Crippen molar-refractivity contribution in [3.05, 3.63) is 47.4 Å². The van der Waals surface area contributed by atoms with E-state index in [1.807, 2.05) is 0 Å². The monoisotopic (exact) mass is 285 g/mol. The van der Waals surface area contributed by atoms with E-state index in [0.717, 1.165) is 6.07 Å². The van der Waals surface area contributed by atoms with E-state index in [2.05, 4.69) is 10.3 Å². The van der Waals surface area contributed by atoms with Crippen molar-refractivity contribution in [1.82, 2.24) is 4.98 Å². The van der Waals surface area contributed by atoms with E-state index in [-0.39, 0.29) is 17.2 Å². The van der Waals surface area contributed by atoms with Crippen LogP contribution in [-0.2, 0) is 6.18 Å². The number of benzene rings is 1. The van der Waals surface area contributed by atoms with Gasteiger partial charge < -0.3 is 11.1 Å². The van der Waals surface area contributed by atoms with Crippen LogP contribution in [0.1, 0.15) is 11.3 Å². The van der Waals surface area contributed by atoms with Gasteiger partial charge in [-0.05, 0) is 37.3 Å². The SMILES string of the molecule is Cc1ccc(N)c(Nc2cc(C(F)(F)F)ccc2F)n1. The number of pyridine rings is 1. The lowest BCUT2D eigenvalue weighted by Gasteiger charge is -2.12. The summed E-state index contributed by atoms with van der Waals surface area (Å²) < 4.78 is 51.4. The van der Waals surface area contributed by atoms with Crippen molar-refractivity contribution < 1.29 is 17.6 Å². The predicted octanol–water partition coefficient (Wildman–Crippen LogP) is 3.87. The molecule has 0 amide bonds. The van der Waals surface area contributed by atoms with Crippen molar-refractivity contribution in [3.63, 3.8) is 0 Å². The van der Waals surface area contributed by atoms with Gasteiger partial charge in [0.2, 0.25) is 0 Å². The number of alkyl halides is 3. The second-order valence-electron chi connectivity index (χ2n) is 4.21. The van der Waals surface area contributed by atoms with Crippen LogP contribution >= 0.6 is 0 Å². The molecule has 106 valence electrons. The molecule has 0 saturated heterocycles. The molecular formula is C13H11F4N3. The van der Waals surface area contributed by atoms with E-state index in [1.54, 1.807) is 13.0 Å². The van der Waals surface area contributed by atoms with Gasteiger partial charge in [-0.2, -0.15) is 13.2 Å². The minimum Gasteiger partial charge on any atom is -0.396 e. The summed E-state index contributed by atoms with van der Waals surface area (Å²) in [6.45, 7) is 1.69. The van der Waals surface area contributed by atoms with E-state index >= 15 is 0 Å². The van der Waals surface area contributed by atoms with Crippen molar-refractivity contribution in [2.45, 2.75) is 13.1 Å². The van der Waals surface area contributed by atoms with Crippen LogP contribution in [0.15, 0.2) is 30.3 Å². The maximum atomic E-state index is 13.6. The van der Waals surface area contributed by atoms with E-state index in [4.69, 9.17) is 5.73 Å². The summed E-state index contributed by atoms with van der Waals surface area (Å²) in [5.41, 5.74) is 5.18. The largest absolute Gasteiger partial charge is 0.416 e. The van der Waals surface area contributed by atoms with Crippen LogP contribution in [0.25, 0.3) is 0 Å². The molecule has 3 N–H and O–H groups in total. The zero-order chi connectivity index (χ0) is 14.9. The summed E-state index contributed by atoms with van der Waals surface area (Å²) in [6.07, 6.45) is -4.55. The maximum absolute atomic E-state index is 13.6. The van der Waals surface area contributed by atoms with Gasteiger partial charge in [0.25, 0.3) is 0 Å². The Morgan fingerprint density at radius 1 is 1.15 bits per heavy atom. The number of hydrogen-bond acceptors (Lipinski definition) is 3. The quantitative estimate of drug-likeness (QED) is 0.823. The van der Waals surface area contributed by atoms with Crippen LogP contribution in [0, 0.1) is 12.7 Å². The highest BCUT2D eigenvalue weighted by Gasteiger charge is 2.31. The number of anilines is 3. The lowest BCUT2D eigenvalue weighted by molar-refractivity contribution is -0.137. The molecule has 0 spiro atoms. The Bertz CT molecular complexity index is 638. The molecular weight excluding hydrogens is 274 g/mol. The Kier molecular flexibility index (Phi) is 3.52. The molecule has 2 aromatic rings. The molecule has 20 heavy (non-hydrogen) atoms. The topological polar surface area (TPSA) is 50.9 Å². The van der Waals surface area contributed by atoms with Gasteiger partial charge in [-0.3, -0.25) is 0 Å². The second-order valence-corrected chi connectivity index (χ2v) is 4.21. The number of aryl methyl sites for hydroxylation is 1. The first-order valence-electron chi connectivity index (χ1n) is 5.64. The Labute approximate surface area is 112 Å². The molecule has 1 aromatic heterocycles. The molecule has 1 aromatic carbocycles. The molecule has 0 atom stereocenters. The number of hydrogen-bond donors (Lipinski definition) is 2. The van der Waals surface area contributed by atoms with Gasteiger partial charge in [0.1, 0.15) is 5.82 Å². The zero-order valence-electron chi connectivity index (χ0n) is 10.4. The molecule has 1 heterocycles. The Morgan fingerprint density at radius 2 is 1.85 bits per heavy atom. The van der Waals surface area contributed by atoms with Gasteiger partial charge >= 0.3 is 6.18 Å². The minimum absolute atomic E-state index is 0.114. The molecule has 0 saturated carbocycles. The zero-order valence-corrected chi connectivity index (χ0v) is 10.4. The third-order valence-corrected chi connectivity index (χ3v) is 2.61. The van der Waals surface area contributed by atoms with Crippen LogP contribution in [0.4, 0.5) is 34.8 Å². The molecule has 0 unspecified atom stereocenters. The Morgan fingerprint density at radius 3 is 2.50 bits per heavy atom. The average molecular weight is 285 g/mol. The fourth-order valence-electron chi connectivity index (χ4n) is 1.59. The normalized spacial score (nSPS) is 11.4. The molecule has 0 radical (unpaired) electrons. The first-order chi connectivity index (χ1) is 9.27. The van der Waals surface area contributed by atoms with Crippen molar-refractivity contribution in [2.24, 2.45) is 0 Å². The third kappa shape index (κ3) is 2.98. The maximum Gasteiger partial charge on any atom is 0.416 e. The van der Waals surface area contributed by atoms with E-state index in [0.29, 0.717) is 17.8 Å². The van der Waals surface area contributed by atoms with Crippen molar-refractivity contribution in [2.75, 3.05) is 11.1 Å². The van der Waals surface area contributed by atoms with Gasteiger partial charge in [-0.15, -0.1) is 0 Å². The highest BCUT2D eigenvalue weighted by Crippen LogP contribution is 2.33. The summed E-state index contributed by atoms with van der Waals surface area (Å²) in [6, 6.07) is 5.28. The summed E-state index contributed by atoms with van der Waals surface area (Å²) in [4.78, 5) is 4.02. The minimum atomic E-state index is -4.55. The first-order valence-corrected chi connectivity index (χ1v) is 5.64. The van der Waals surface area contributed by atoms with E-state index < -0.39 is 17.6 Å². The van der Waals surface area contributed by atoms with Gasteiger partial charge in [-0.1, -0.05) is 0 Å². The average Bonchev–Trinajstić information content (AvgIpc) is 2.35. The van der Waals surface area contributed by atoms with E-state index in [1.165, 1.54) is 6.07 Å². The highest BCUT2D eigenvalue weighted by molar-refractivity contribution is 5.69. The van der Waals surface area contributed by atoms with Crippen molar-refractivity contribution in [3.8, 4) is 0 Å². The number of aromatic nitrogens is 1. The molecule has 3 nitrogen and oxygen atoms in total. The number of nitrogens with two attached hydrogens (primary N) is 1. The van der Waals surface area contributed by atoms with Gasteiger partial charge in [0.05, 0.1) is 16.9 Å². The smallest absolute Gasteiger partial charge is 0.396 e. The Hall–Kier alpha value is -2.31. The lowest BCUT2D eigenvalue weighted by atomic mass is 10.2. The molecule has 0 aliphatic heterocycles. The third-order valence-electron chi connectivity index (χ3n) is 2.61. The summed E-state index contributed by atoms with van der Waals surface area (Å²) in [5, 5.41) is 2.48.